The smallest absolute Gasteiger partial charge is 0.249 e. The van der Waals surface area contributed by atoms with Gasteiger partial charge in [-0.05, 0) is 24.6 Å². The molecule has 0 radical (unpaired) electrons. The van der Waals surface area contributed by atoms with Crippen molar-refractivity contribution < 1.29 is 14.3 Å². The van der Waals surface area contributed by atoms with Crippen molar-refractivity contribution in [2.75, 3.05) is 18.6 Å². The molecule has 1 aliphatic heterocycles. The summed E-state index contributed by atoms with van der Waals surface area (Å²) in [5, 5.41) is 2.80. The van der Waals surface area contributed by atoms with Gasteiger partial charge in [0, 0.05) is 17.4 Å². The number of rotatable bonds is 4. The zero-order valence-electron chi connectivity index (χ0n) is 12.2. The summed E-state index contributed by atoms with van der Waals surface area (Å²) < 4.78 is 6.21. The van der Waals surface area contributed by atoms with Gasteiger partial charge >= 0.3 is 0 Å². The molecule has 1 fully saturated rings. The zero-order valence-corrected chi connectivity index (χ0v) is 13.8. The van der Waals surface area contributed by atoms with Crippen molar-refractivity contribution in [2.24, 2.45) is 0 Å². The molecule has 0 bridgehead atoms. The van der Waals surface area contributed by atoms with Gasteiger partial charge in [-0.3, -0.25) is 9.59 Å². The quantitative estimate of drug-likeness (QED) is 0.903. The normalized spacial score (nSPS) is 19.2. The second kappa shape index (κ2) is 6.93. The summed E-state index contributed by atoms with van der Waals surface area (Å²) in [6.07, 6.45) is 1.76. The summed E-state index contributed by atoms with van der Waals surface area (Å²) >= 11 is 3.41. The summed E-state index contributed by atoms with van der Waals surface area (Å²) in [7, 11) is 1.57. The highest BCUT2D eigenvalue weighted by molar-refractivity contribution is 9.10. The average Bonchev–Trinajstić information content (AvgIpc) is 2.59. The summed E-state index contributed by atoms with van der Waals surface area (Å²) in [6.45, 7) is 2.35. The van der Waals surface area contributed by atoms with Gasteiger partial charge in [-0.15, -0.1) is 0 Å². The molecule has 0 aromatic heterocycles. The SMILES string of the molecule is CCCC1NC(=O)CCN(c2cc(Br)ccc2OC)C1=O. The Hall–Kier alpha value is -1.56. The van der Waals surface area contributed by atoms with Crippen molar-refractivity contribution in [1.82, 2.24) is 5.32 Å². The van der Waals surface area contributed by atoms with Crippen LogP contribution >= 0.6 is 15.9 Å². The number of ether oxygens (including phenoxy) is 1. The monoisotopic (exact) mass is 354 g/mol. The van der Waals surface area contributed by atoms with Gasteiger partial charge in [0.15, 0.2) is 0 Å². The van der Waals surface area contributed by atoms with Crippen LogP contribution in [0.3, 0.4) is 0 Å². The molecule has 1 heterocycles. The fraction of sp³-hybridized carbons (Fsp3) is 0.467. The molecular weight excluding hydrogens is 336 g/mol. The Kier molecular flexibility index (Phi) is 5.22. The first-order valence-electron chi connectivity index (χ1n) is 7.01. The molecule has 6 heteroatoms. The van der Waals surface area contributed by atoms with Crippen LogP contribution in [0.4, 0.5) is 5.69 Å². The minimum absolute atomic E-state index is 0.0842. The van der Waals surface area contributed by atoms with Crippen molar-refractivity contribution in [3.63, 3.8) is 0 Å². The van der Waals surface area contributed by atoms with Gasteiger partial charge in [0.05, 0.1) is 12.8 Å². The first kappa shape index (κ1) is 15.8. The fourth-order valence-electron chi connectivity index (χ4n) is 2.44. The Morgan fingerprint density at radius 3 is 2.86 bits per heavy atom. The molecule has 114 valence electrons. The maximum Gasteiger partial charge on any atom is 0.249 e. The van der Waals surface area contributed by atoms with Crippen LogP contribution in [0.25, 0.3) is 0 Å². The number of halogens is 1. The maximum absolute atomic E-state index is 12.7. The Bertz CT molecular complexity index is 548. The molecule has 2 amide bonds. The molecule has 1 N–H and O–H groups in total. The highest BCUT2D eigenvalue weighted by Crippen LogP contribution is 2.32. The lowest BCUT2D eigenvalue weighted by Gasteiger charge is -2.25. The van der Waals surface area contributed by atoms with E-state index in [0.717, 1.165) is 10.9 Å². The molecule has 1 atom stereocenters. The lowest BCUT2D eigenvalue weighted by molar-refractivity contribution is -0.125. The molecule has 1 aromatic rings. The summed E-state index contributed by atoms with van der Waals surface area (Å²) in [4.78, 5) is 26.1. The number of carbonyl (C=O) groups excluding carboxylic acids is 2. The first-order valence-corrected chi connectivity index (χ1v) is 7.80. The molecule has 0 aliphatic carbocycles. The number of benzene rings is 1. The third kappa shape index (κ3) is 3.56. The van der Waals surface area contributed by atoms with Crippen LogP contribution in [0, 0.1) is 0 Å². The second-order valence-corrected chi connectivity index (χ2v) is 5.88. The second-order valence-electron chi connectivity index (χ2n) is 4.96. The van der Waals surface area contributed by atoms with Crippen molar-refractivity contribution >= 4 is 33.4 Å². The van der Waals surface area contributed by atoms with Crippen molar-refractivity contribution in [3.05, 3.63) is 22.7 Å². The van der Waals surface area contributed by atoms with E-state index in [1.54, 1.807) is 12.0 Å². The highest BCUT2D eigenvalue weighted by Gasteiger charge is 2.31. The van der Waals surface area contributed by atoms with Gasteiger partial charge in [0.1, 0.15) is 11.8 Å². The van der Waals surface area contributed by atoms with Crippen molar-refractivity contribution in [1.29, 1.82) is 0 Å². The standard InChI is InChI=1S/C15H19BrN2O3/c1-3-4-11-15(20)18(8-7-14(19)17-11)12-9-10(16)5-6-13(12)21-2/h5-6,9,11H,3-4,7-8H2,1-2H3,(H,17,19). The maximum atomic E-state index is 12.7. The highest BCUT2D eigenvalue weighted by atomic mass is 79.9. The molecule has 2 rings (SSSR count). The molecule has 1 aliphatic rings. The van der Waals surface area contributed by atoms with Crippen molar-refractivity contribution in [3.8, 4) is 5.75 Å². The Labute approximate surface area is 132 Å². The topological polar surface area (TPSA) is 58.6 Å². The summed E-state index contributed by atoms with van der Waals surface area (Å²) in [5.74, 6) is 0.452. The van der Waals surface area contributed by atoms with Gasteiger partial charge in [-0.1, -0.05) is 29.3 Å². The third-order valence-corrected chi connectivity index (χ3v) is 3.96. The van der Waals surface area contributed by atoms with Gasteiger partial charge in [-0.25, -0.2) is 0 Å². The van der Waals surface area contributed by atoms with Gasteiger partial charge < -0.3 is 15.0 Å². The number of carbonyl (C=O) groups is 2. The molecule has 1 unspecified atom stereocenters. The number of amides is 2. The van der Waals surface area contributed by atoms with Crippen LogP contribution in [-0.2, 0) is 9.59 Å². The number of methoxy groups -OCH3 is 1. The minimum atomic E-state index is -0.464. The fourth-order valence-corrected chi connectivity index (χ4v) is 2.79. The molecule has 1 aromatic carbocycles. The molecular formula is C15H19BrN2O3. The number of anilines is 1. The average molecular weight is 355 g/mol. The minimum Gasteiger partial charge on any atom is -0.495 e. The van der Waals surface area contributed by atoms with Crippen molar-refractivity contribution in [2.45, 2.75) is 32.2 Å². The summed E-state index contributed by atoms with van der Waals surface area (Å²) in [6, 6.07) is 5.04. The molecule has 0 spiro atoms. The van der Waals surface area contributed by atoms with E-state index in [9.17, 15) is 9.59 Å². The van der Waals surface area contributed by atoms with Gasteiger partial charge in [0.25, 0.3) is 0 Å². The Morgan fingerprint density at radius 2 is 2.19 bits per heavy atom. The first-order chi connectivity index (χ1) is 10.1. The number of nitrogens with one attached hydrogen (secondary N) is 1. The molecule has 0 saturated carbocycles. The van der Waals surface area contributed by atoms with Gasteiger partial charge in [0.2, 0.25) is 11.8 Å². The van der Waals surface area contributed by atoms with Crippen LogP contribution in [0.2, 0.25) is 0 Å². The number of hydrogen-bond acceptors (Lipinski definition) is 3. The van der Waals surface area contributed by atoms with E-state index in [-0.39, 0.29) is 11.8 Å². The van der Waals surface area contributed by atoms with E-state index in [4.69, 9.17) is 4.74 Å². The van der Waals surface area contributed by atoms with E-state index < -0.39 is 6.04 Å². The summed E-state index contributed by atoms with van der Waals surface area (Å²) in [5.41, 5.74) is 0.689. The van der Waals surface area contributed by atoms with E-state index in [0.29, 0.717) is 30.8 Å². The molecule has 21 heavy (non-hydrogen) atoms. The predicted molar refractivity (Wildman–Crippen MR) is 84.5 cm³/mol. The van der Waals surface area contributed by atoms with Crippen LogP contribution in [0.1, 0.15) is 26.2 Å². The zero-order chi connectivity index (χ0) is 15.4. The number of nitrogens with zero attached hydrogens (tertiary/aromatic N) is 1. The van der Waals surface area contributed by atoms with E-state index in [1.807, 2.05) is 25.1 Å². The van der Waals surface area contributed by atoms with Gasteiger partial charge in [-0.2, -0.15) is 0 Å². The Morgan fingerprint density at radius 1 is 1.43 bits per heavy atom. The molecule has 1 saturated heterocycles. The third-order valence-electron chi connectivity index (χ3n) is 3.47. The largest absolute Gasteiger partial charge is 0.495 e. The van der Waals surface area contributed by atoms with Crippen LogP contribution in [0.5, 0.6) is 5.75 Å². The van der Waals surface area contributed by atoms with Crippen LogP contribution < -0.4 is 15.0 Å². The Balaban J connectivity index is 2.38. The van der Waals surface area contributed by atoms with E-state index in [1.165, 1.54) is 0 Å². The lowest BCUT2D eigenvalue weighted by atomic mass is 10.1. The van der Waals surface area contributed by atoms with E-state index >= 15 is 0 Å². The predicted octanol–water partition coefficient (Wildman–Crippen LogP) is 2.48. The van der Waals surface area contributed by atoms with E-state index in [2.05, 4.69) is 21.2 Å². The molecule has 5 nitrogen and oxygen atoms in total. The van der Waals surface area contributed by atoms with Crippen LogP contribution in [0.15, 0.2) is 22.7 Å². The number of hydrogen-bond donors (Lipinski definition) is 1. The lowest BCUT2D eigenvalue weighted by Crippen LogP contribution is -2.44. The van der Waals surface area contributed by atoms with Crippen LogP contribution in [-0.4, -0.2) is 31.5 Å².